The van der Waals surface area contributed by atoms with E-state index < -0.39 is 11.6 Å². The first-order valence-corrected chi connectivity index (χ1v) is 7.38. The molecule has 1 aliphatic carbocycles. The van der Waals surface area contributed by atoms with E-state index in [0.29, 0.717) is 12.0 Å². The third kappa shape index (κ3) is 4.00. The van der Waals surface area contributed by atoms with Crippen molar-refractivity contribution in [1.82, 2.24) is 5.32 Å². The second-order valence-corrected chi connectivity index (χ2v) is 5.56. The normalized spacial score (nSPS) is 23.5. The maximum atomic E-state index is 13.2. The molecule has 1 fully saturated rings. The second kappa shape index (κ2) is 6.99. The van der Waals surface area contributed by atoms with Gasteiger partial charge in [-0.1, -0.05) is 25.8 Å². The van der Waals surface area contributed by atoms with E-state index in [1.807, 2.05) is 0 Å². The molecule has 1 aromatic carbocycles. The van der Waals surface area contributed by atoms with Crippen molar-refractivity contribution in [2.24, 2.45) is 5.92 Å². The van der Waals surface area contributed by atoms with Crippen molar-refractivity contribution in [3.63, 3.8) is 0 Å². The molecule has 19 heavy (non-hydrogen) atoms. The van der Waals surface area contributed by atoms with Crippen molar-refractivity contribution in [2.45, 2.75) is 51.5 Å². The average Bonchev–Trinajstić information content (AvgIpc) is 2.42. The molecular formula is C16H23F2N. The van der Waals surface area contributed by atoms with E-state index in [1.165, 1.54) is 37.8 Å². The molecular weight excluding hydrogens is 244 g/mol. The quantitative estimate of drug-likeness (QED) is 0.848. The van der Waals surface area contributed by atoms with Crippen LogP contribution in [0.1, 0.15) is 44.6 Å². The van der Waals surface area contributed by atoms with Crippen LogP contribution in [0.5, 0.6) is 0 Å². The van der Waals surface area contributed by atoms with Gasteiger partial charge in [0.1, 0.15) is 0 Å². The van der Waals surface area contributed by atoms with E-state index in [2.05, 4.69) is 12.2 Å². The lowest BCUT2D eigenvalue weighted by molar-refractivity contribution is 0.261. The van der Waals surface area contributed by atoms with Crippen LogP contribution < -0.4 is 5.32 Å². The summed E-state index contributed by atoms with van der Waals surface area (Å²) in [5.74, 6) is -0.940. The molecule has 2 atom stereocenters. The molecule has 0 bridgehead atoms. The predicted octanol–water partition coefficient (Wildman–Crippen LogP) is 4.07. The largest absolute Gasteiger partial charge is 0.314 e. The molecule has 1 saturated carbocycles. The molecule has 0 aromatic heterocycles. The van der Waals surface area contributed by atoms with Crippen molar-refractivity contribution in [2.75, 3.05) is 6.54 Å². The number of hydrogen-bond donors (Lipinski definition) is 1. The highest BCUT2D eigenvalue weighted by atomic mass is 19.2. The molecule has 0 spiro atoms. The lowest BCUT2D eigenvalue weighted by atomic mass is 9.80. The van der Waals surface area contributed by atoms with Crippen molar-refractivity contribution >= 4 is 0 Å². The Hall–Kier alpha value is -0.960. The van der Waals surface area contributed by atoms with Crippen LogP contribution in [0.25, 0.3) is 0 Å². The molecule has 2 rings (SSSR count). The highest BCUT2D eigenvalue weighted by Crippen LogP contribution is 2.28. The minimum absolute atomic E-state index is 0.529. The standard InChI is InChI=1S/C16H23F2N/c1-2-9-19-16-6-4-3-5-13(16)10-12-7-8-14(17)15(18)11-12/h7-8,11,13,16,19H,2-6,9-10H2,1H3. The van der Waals surface area contributed by atoms with Crippen LogP contribution in [0, 0.1) is 17.6 Å². The van der Waals surface area contributed by atoms with Crippen LogP contribution in [0.4, 0.5) is 8.78 Å². The number of benzene rings is 1. The lowest BCUT2D eigenvalue weighted by Crippen LogP contribution is -2.39. The summed E-state index contributed by atoms with van der Waals surface area (Å²) in [4.78, 5) is 0. The van der Waals surface area contributed by atoms with Gasteiger partial charge in [-0.05, 0) is 55.8 Å². The zero-order valence-electron chi connectivity index (χ0n) is 11.6. The van der Waals surface area contributed by atoms with Gasteiger partial charge in [-0.3, -0.25) is 0 Å². The molecule has 0 saturated heterocycles. The minimum Gasteiger partial charge on any atom is -0.314 e. The van der Waals surface area contributed by atoms with Gasteiger partial charge in [-0.15, -0.1) is 0 Å². The first-order chi connectivity index (χ1) is 9.20. The van der Waals surface area contributed by atoms with Crippen LogP contribution in [-0.2, 0) is 6.42 Å². The zero-order chi connectivity index (χ0) is 13.7. The smallest absolute Gasteiger partial charge is 0.159 e. The molecule has 0 aliphatic heterocycles. The monoisotopic (exact) mass is 267 g/mol. The summed E-state index contributed by atoms with van der Waals surface area (Å²) < 4.78 is 26.2. The summed E-state index contributed by atoms with van der Waals surface area (Å²) in [6.45, 7) is 3.21. The number of nitrogens with one attached hydrogen (secondary N) is 1. The SMILES string of the molecule is CCCNC1CCCCC1Cc1ccc(F)c(F)c1. The van der Waals surface area contributed by atoms with Gasteiger partial charge in [0.25, 0.3) is 0 Å². The average molecular weight is 267 g/mol. The third-order valence-electron chi connectivity index (χ3n) is 4.05. The Morgan fingerprint density at radius 3 is 2.68 bits per heavy atom. The van der Waals surface area contributed by atoms with Crippen LogP contribution in [-0.4, -0.2) is 12.6 Å². The van der Waals surface area contributed by atoms with Gasteiger partial charge < -0.3 is 5.32 Å². The highest BCUT2D eigenvalue weighted by Gasteiger charge is 2.24. The van der Waals surface area contributed by atoms with E-state index in [0.717, 1.165) is 24.9 Å². The highest BCUT2D eigenvalue weighted by molar-refractivity contribution is 5.18. The van der Waals surface area contributed by atoms with Gasteiger partial charge in [0, 0.05) is 6.04 Å². The Morgan fingerprint density at radius 1 is 1.16 bits per heavy atom. The van der Waals surface area contributed by atoms with Crippen molar-refractivity contribution in [1.29, 1.82) is 0 Å². The Balaban J connectivity index is 1.99. The fraction of sp³-hybridized carbons (Fsp3) is 0.625. The molecule has 106 valence electrons. The molecule has 0 heterocycles. The van der Waals surface area contributed by atoms with Crippen molar-refractivity contribution < 1.29 is 8.78 Å². The number of hydrogen-bond acceptors (Lipinski definition) is 1. The molecule has 1 aliphatic rings. The third-order valence-corrected chi connectivity index (χ3v) is 4.05. The maximum absolute atomic E-state index is 13.2. The summed E-state index contributed by atoms with van der Waals surface area (Å²) in [7, 11) is 0. The number of rotatable bonds is 5. The van der Waals surface area contributed by atoms with Gasteiger partial charge >= 0.3 is 0 Å². The van der Waals surface area contributed by atoms with Crippen LogP contribution in [0.15, 0.2) is 18.2 Å². The van der Waals surface area contributed by atoms with Gasteiger partial charge in [0.2, 0.25) is 0 Å². The molecule has 1 aromatic rings. The van der Waals surface area contributed by atoms with Gasteiger partial charge in [0.05, 0.1) is 0 Å². The summed E-state index contributed by atoms with van der Waals surface area (Å²) in [5.41, 5.74) is 0.911. The van der Waals surface area contributed by atoms with Gasteiger partial charge in [-0.25, -0.2) is 8.78 Å². The van der Waals surface area contributed by atoms with Crippen LogP contribution >= 0.6 is 0 Å². The predicted molar refractivity (Wildman–Crippen MR) is 74.1 cm³/mol. The van der Waals surface area contributed by atoms with Gasteiger partial charge in [-0.2, -0.15) is 0 Å². The van der Waals surface area contributed by atoms with Crippen molar-refractivity contribution in [3.8, 4) is 0 Å². The zero-order valence-corrected chi connectivity index (χ0v) is 11.6. The van der Waals surface area contributed by atoms with E-state index in [4.69, 9.17) is 0 Å². The molecule has 1 nitrogen and oxygen atoms in total. The summed E-state index contributed by atoms with van der Waals surface area (Å²) >= 11 is 0. The Bertz CT molecular complexity index is 406. The number of halogens is 2. The first kappa shape index (κ1) is 14.4. The Morgan fingerprint density at radius 2 is 1.95 bits per heavy atom. The molecule has 2 unspecified atom stereocenters. The molecule has 3 heteroatoms. The lowest BCUT2D eigenvalue weighted by Gasteiger charge is -2.32. The van der Waals surface area contributed by atoms with E-state index >= 15 is 0 Å². The second-order valence-electron chi connectivity index (χ2n) is 5.56. The molecule has 1 N–H and O–H groups in total. The fourth-order valence-electron chi connectivity index (χ4n) is 3.02. The fourth-order valence-corrected chi connectivity index (χ4v) is 3.02. The molecule has 0 radical (unpaired) electrons. The summed E-state index contributed by atoms with van der Waals surface area (Å²) in [6, 6.07) is 4.83. The van der Waals surface area contributed by atoms with E-state index in [-0.39, 0.29) is 0 Å². The Kier molecular flexibility index (Phi) is 5.32. The first-order valence-electron chi connectivity index (χ1n) is 7.38. The van der Waals surface area contributed by atoms with E-state index in [9.17, 15) is 8.78 Å². The van der Waals surface area contributed by atoms with Crippen LogP contribution in [0.3, 0.4) is 0 Å². The minimum atomic E-state index is -0.756. The Labute approximate surface area is 114 Å². The topological polar surface area (TPSA) is 12.0 Å². The van der Waals surface area contributed by atoms with Crippen molar-refractivity contribution in [3.05, 3.63) is 35.4 Å². The maximum Gasteiger partial charge on any atom is 0.159 e. The summed E-state index contributed by atoms with van der Waals surface area (Å²) in [5, 5.41) is 3.60. The molecule has 0 amide bonds. The summed E-state index contributed by atoms with van der Waals surface area (Å²) in [6.07, 6.45) is 6.88. The van der Waals surface area contributed by atoms with Gasteiger partial charge in [0.15, 0.2) is 11.6 Å². The van der Waals surface area contributed by atoms with Crippen LogP contribution in [0.2, 0.25) is 0 Å². The van der Waals surface area contributed by atoms with E-state index in [1.54, 1.807) is 6.07 Å².